The molecular formula is C18H39N2NaO2. The molecule has 134 valence electrons. The summed E-state index contributed by atoms with van der Waals surface area (Å²) in [5, 5.41) is 0. The minimum Gasteiger partial charge on any atom is -1.00 e. The molecule has 0 aliphatic heterocycles. The summed E-state index contributed by atoms with van der Waals surface area (Å²) in [6, 6.07) is 0. The van der Waals surface area contributed by atoms with Gasteiger partial charge in [0, 0.05) is 19.5 Å². The number of carbonyl (C=O) groups excluding carboxylic acids is 1. The number of hydroxylamine groups is 1. The predicted molar refractivity (Wildman–Crippen MR) is 94.6 cm³/mol. The van der Waals surface area contributed by atoms with Crippen molar-refractivity contribution in [3.05, 3.63) is 0 Å². The maximum atomic E-state index is 11.3. The molecule has 3 N–H and O–H groups in total. The van der Waals surface area contributed by atoms with Crippen LogP contribution in [0.1, 0.15) is 98.2 Å². The fourth-order valence-electron chi connectivity index (χ4n) is 2.53. The van der Waals surface area contributed by atoms with E-state index in [0.29, 0.717) is 19.5 Å². The summed E-state index contributed by atoms with van der Waals surface area (Å²) >= 11 is 0. The Balaban J connectivity index is -0.00000220. The first-order chi connectivity index (χ1) is 10.8. The van der Waals surface area contributed by atoms with Gasteiger partial charge in [-0.2, -0.15) is 5.48 Å². The number of hydrogen-bond donors (Lipinski definition) is 2. The van der Waals surface area contributed by atoms with E-state index in [4.69, 9.17) is 10.6 Å². The monoisotopic (exact) mass is 338 g/mol. The fourth-order valence-corrected chi connectivity index (χ4v) is 2.53. The third-order valence-corrected chi connectivity index (χ3v) is 3.92. The van der Waals surface area contributed by atoms with Gasteiger partial charge in [0.25, 0.3) is 0 Å². The van der Waals surface area contributed by atoms with Crippen LogP contribution in [0.15, 0.2) is 0 Å². The zero-order valence-electron chi connectivity index (χ0n) is 16.7. The van der Waals surface area contributed by atoms with E-state index in [9.17, 15) is 4.79 Å². The molecule has 0 unspecified atom stereocenters. The number of rotatable bonds is 17. The van der Waals surface area contributed by atoms with Crippen molar-refractivity contribution in [1.29, 1.82) is 0 Å². The second-order valence-corrected chi connectivity index (χ2v) is 6.15. The second kappa shape index (κ2) is 22.4. The molecule has 0 amide bonds. The van der Waals surface area contributed by atoms with Gasteiger partial charge in [0.15, 0.2) is 0 Å². The Labute approximate surface area is 167 Å². The first-order valence-electron chi connectivity index (χ1n) is 9.43. The molecule has 0 saturated carbocycles. The summed E-state index contributed by atoms with van der Waals surface area (Å²) in [7, 11) is 0. The molecule has 0 aromatic rings. The molecule has 0 aliphatic rings. The van der Waals surface area contributed by atoms with Crippen LogP contribution in [0.3, 0.4) is 0 Å². The average Bonchev–Trinajstić information content (AvgIpc) is 2.52. The van der Waals surface area contributed by atoms with E-state index < -0.39 is 0 Å². The van der Waals surface area contributed by atoms with Crippen LogP contribution in [0.4, 0.5) is 0 Å². The molecule has 0 aliphatic carbocycles. The van der Waals surface area contributed by atoms with Gasteiger partial charge in [-0.05, 0) is 6.42 Å². The van der Waals surface area contributed by atoms with Gasteiger partial charge in [-0.1, -0.05) is 84.0 Å². The van der Waals surface area contributed by atoms with E-state index >= 15 is 0 Å². The zero-order chi connectivity index (χ0) is 16.3. The smallest absolute Gasteiger partial charge is 1.00 e. The van der Waals surface area contributed by atoms with Gasteiger partial charge >= 0.3 is 35.5 Å². The maximum Gasteiger partial charge on any atom is 1.00 e. The molecule has 0 fully saturated rings. The Kier molecular flexibility index (Phi) is 24.9. The Morgan fingerprint density at radius 3 is 1.74 bits per heavy atom. The van der Waals surface area contributed by atoms with E-state index in [1.807, 2.05) is 0 Å². The van der Waals surface area contributed by atoms with Gasteiger partial charge in [0.1, 0.15) is 0 Å². The molecule has 0 saturated heterocycles. The van der Waals surface area contributed by atoms with Crippen LogP contribution in [0.25, 0.3) is 0 Å². The van der Waals surface area contributed by atoms with Gasteiger partial charge in [0.2, 0.25) is 0 Å². The minimum atomic E-state index is -0.170. The van der Waals surface area contributed by atoms with Gasteiger partial charge in [0.05, 0.1) is 0 Å². The van der Waals surface area contributed by atoms with E-state index in [1.165, 1.54) is 70.6 Å². The van der Waals surface area contributed by atoms with Crippen molar-refractivity contribution in [2.75, 3.05) is 13.1 Å². The summed E-state index contributed by atoms with van der Waals surface area (Å²) in [5.41, 5.74) is 7.84. The number of nitrogens with two attached hydrogens (primary N) is 1. The molecule has 0 spiro atoms. The van der Waals surface area contributed by atoms with Crippen LogP contribution in [0.5, 0.6) is 0 Å². The molecule has 0 atom stereocenters. The summed E-state index contributed by atoms with van der Waals surface area (Å²) < 4.78 is 0. The minimum absolute atomic E-state index is 0. The SMILES string of the molecule is CCCCCCCCCCCCCCCC(=O)ONCCN.[H-].[Na+]. The van der Waals surface area contributed by atoms with Gasteiger partial charge in [-0.15, -0.1) is 0 Å². The number of nitrogens with one attached hydrogen (secondary N) is 1. The Morgan fingerprint density at radius 1 is 0.870 bits per heavy atom. The van der Waals surface area contributed by atoms with Gasteiger partial charge in [-0.25, -0.2) is 0 Å². The Hall–Kier alpha value is 0.390. The third-order valence-electron chi connectivity index (χ3n) is 3.92. The van der Waals surface area contributed by atoms with Crippen LogP contribution in [0.2, 0.25) is 0 Å². The van der Waals surface area contributed by atoms with E-state index in [2.05, 4.69) is 12.4 Å². The standard InChI is InChI=1S/C18H38N2O2.Na.H/c1-2-3-4-5-6-7-8-9-10-11-12-13-14-15-18(21)22-20-17-16-19;;/h20H,2-17,19H2,1H3;;/q;+1;-1. The van der Waals surface area contributed by atoms with Crippen LogP contribution in [0, 0.1) is 0 Å². The predicted octanol–water partition coefficient (Wildman–Crippen LogP) is 1.59. The van der Waals surface area contributed by atoms with Crippen LogP contribution >= 0.6 is 0 Å². The van der Waals surface area contributed by atoms with Crippen molar-refractivity contribution in [2.45, 2.75) is 96.8 Å². The molecule has 0 radical (unpaired) electrons. The molecule has 0 rings (SSSR count). The first-order valence-corrected chi connectivity index (χ1v) is 9.43. The summed E-state index contributed by atoms with van der Waals surface area (Å²) in [6.45, 7) is 3.26. The summed E-state index contributed by atoms with van der Waals surface area (Å²) in [6.07, 6.45) is 17.6. The molecule has 0 bridgehead atoms. The van der Waals surface area contributed by atoms with Crippen molar-refractivity contribution in [1.82, 2.24) is 5.48 Å². The quantitative estimate of drug-likeness (QED) is 0.240. The van der Waals surface area contributed by atoms with Crippen LogP contribution in [-0.2, 0) is 9.63 Å². The molecule has 0 aromatic carbocycles. The summed E-state index contributed by atoms with van der Waals surface area (Å²) in [5.74, 6) is -0.170. The molecule has 4 nitrogen and oxygen atoms in total. The van der Waals surface area contributed by atoms with Crippen molar-refractivity contribution >= 4 is 5.97 Å². The fraction of sp³-hybridized carbons (Fsp3) is 0.944. The summed E-state index contributed by atoms with van der Waals surface area (Å²) in [4.78, 5) is 16.1. The average molecular weight is 339 g/mol. The first kappa shape index (κ1) is 25.6. The second-order valence-electron chi connectivity index (χ2n) is 6.15. The largest absolute Gasteiger partial charge is 1.00 e. The van der Waals surface area contributed by atoms with Gasteiger partial charge in [-0.3, -0.25) is 4.79 Å². The van der Waals surface area contributed by atoms with Crippen molar-refractivity contribution in [3.63, 3.8) is 0 Å². The zero-order valence-corrected chi connectivity index (χ0v) is 17.7. The Morgan fingerprint density at radius 2 is 1.30 bits per heavy atom. The van der Waals surface area contributed by atoms with Crippen molar-refractivity contribution in [3.8, 4) is 0 Å². The van der Waals surface area contributed by atoms with Crippen molar-refractivity contribution in [2.24, 2.45) is 5.73 Å². The van der Waals surface area contributed by atoms with Gasteiger partial charge < -0.3 is 12.0 Å². The molecular weight excluding hydrogens is 299 g/mol. The molecule has 5 heteroatoms. The van der Waals surface area contributed by atoms with E-state index in [1.54, 1.807) is 0 Å². The normalized spacial score (nSPS) is 10.3. The Bertz CT molecular complexity index is 247. The number of unbranched alkanes of at least 4 members (excludes halogenated alkanes) is 12. The maximum absolute atomic E-state index is 11.3. The molecule has 0 heterocycles. The van der Waals surface area contributed by atoms with Crippen LogP contribution < -0.4 is 40.8 Å². The topological polar surface area (TPSA) is 64.3 Å². The van der Waals surface area contributed by atoms with E-state index in [0.717, 1.165) is 12.8 Å². The number of hydrogen-bond acceptors (Lipinski definition) is 4. The number of carbonyl (C=O) groups is 1. The molecule has 23 heavy (non-hydrogen) atoms. The van der Waals surface area contributed by atoms with Crippen molar-refractivity contribution < 1.29 is 40.6 Å². The van der Waals surface area contributed by atoms with Crippen LogP contribution in [-0.4, -0.2) is 19.1 Å². The molecule has 0 aromatic heterocycles. The third kappa shape index (κ3) is 22.4. The van der Waals surface area contributed by atoms with E-state index in [-0.39, 0.29) is 37.0 Å².